The van der Waals surface area contributed by atoms with E-state index in [1.54, 1.807) is 19.2 Å². The van der Waals surface area contributed by atoms with Gasteiger partial charge in [0.1, 0.15) is 5.75 Å². The third kappa shape index (κ3) is 3.55. The summed E-state index contributed by atoms with van der Waals surface area (Å²) in [6.07, 6.45) is 2.95. The summed E-state index contributed by atoms with van der Waals surface area (Å²) in [5.41, 5.74) is 3.60. The van der Waals surface area contributed by atoms with Crippen molar-refractivity contribution in [3.8, 4) is 5.75 Å². The monoisotopic (exact) mass is 295 g/mol. The number of benzene rings is 2. The van der Waals surface area contributed by atoms with Gasteiger partial charge in [0.2, 0.25) is 0 Å². The number of allylic oxidation sites excluding steroid dienone is 2. The van der Waals surface area contributed by atoms with Gasteiger partial charge in [-0.3, -0.25) is 4.79 Å². The first-order valence-corrected chi connectivity index (χ1v) is 7.39. The molecule has 0 saturated carbocycles. The van der Waals surface area contributed by atoms with Crippen LogP contribution in [0.4, 0.5) is 5.69 Å². The molecule has 0 aliphatic rings. The number of rotatable bonds is 5. The zero-order valence-electron chi connectivity index (χ0n) is 13.2. The van der Waals surface area contributed by atoms with Gasteiger partial charge in [-0.15, -0.1) is 0 Å². The van der Waals surface area contributed by atoms with Gasteiger partial charge >= 0.3 is 0 Å². The number of methoxy groups -OCH3 is 1. The average Bonchev–Trinajstić information content (AvgIpc) is 2.58. The van der Waals surface area contributed by atoms with Gasteiger partial charge in [0.25, 0.3) is 5.91 Å². The predicted octanol–water partition coefficient (Wildman–Crippen LogP) is 4.76. The van der Waals surface area contributed by atoms with Crippen molar-refractivity contribution in [1.82, 2.24) is 0 Å². The predicted molar refractivity (Wildman–Crippen MR) is 91.3 cm³/mol. The third-order valence-electron chi connectivity index (χ3n) is 3.59. The minimum Gasteiger partial charge on any atom is -0.497 e. The van der Waals surface area contributed by atoms with E-state index in [4.69, 9.17) is 4.74 Å². The zero-order chi connectivity index (χ0) is 15.9. The smallest absolute Gasteiger partial charge is 0.255 e. The molecule has 1 N–H and O–H groups in total. The molecule has 3 nitrogen and oxygen atoms in total. The van der Waals surface area contributed by atoms with Crippen LogP contribution < -0.4 is 10.1 Å². The number of amides is 1. The Labute approximate surface area is 131 Å². The van der Waals surface area contributed by atoms with Crippen LogP contribution in [0.25, 0.3) is 5.57 Å². The first kappa shape index (κ1) is 15.8. The second kappa shape index (κ2) is 7.46. The summed E-state index contributed by atoms with van der Waals surface area (Å²) in [4.78, 5) is 12.4. The van der Waals surface area contributed by atoms with E-state index < -0.39 is 0 Å². The SMILES string of the molecule is C/C=C(\CC)c1cc(OC)ccc1NC(=O)c1ccccc1. The van der Waals surface area contributed by atoms with Crippen molar-refractivity contribution in [1.29, 1.82) is 0 Å². The van der Waals surface area contributed by atoms with Gasteiger partial charge in [-0.25, -0.2) is 0 Å². The van der Waals surface area contributed by atoms with E-state index in [1.165, 1.54) is 5.57 Å². The van der Waals surface area contributed by atoms with Crippen molar-refractivity contribution < 1.29 is 9.53 Å². The van der Waals surface area contributed by atoms with E-state index in [9.17, 15) is 4.79 Å². The van der Waals surface area contributed by atoms with Crippen LogP contribution in [0.3, 0.4) is 0 Å². The molecule has 0 aliphatic carbocycles. The highest BCUT2D eigenvalue weighted by Crippen LogP contribution is 2.30. The second-order valence-corrected chi connectivity index (χ2v) is 4.90. The normalized spacial score (nSPS) is 11.1. The number of carbonyl (C=O) groups excluding carboxylic acids is 1. The Balaban J connectivity index is 2.36. The largest absolute Gasteiger partial charge is 0.497 e. The Hall–Kier alpha value is -2.55. The maximum absolute atomic E-state index is 12.4. The molecule has 0 aromatic heterocycles. The molecule has 1 amide bonds. The maximum atomic E-state index is 12.4. The quantitative estimate of drug-likeness (QED) is 0.863. The lowest BCUT2D eigenvalue weighted by Gasteiger charge is -2.14. The molecule has 114 valence electrons. The van der Waals surface area contributed by atoms with Crippen molar-refractivity contribution in [3.05, 3.63) is 65.7 Å². The number of ether oxygens (including phenoxy) is 1. The number of hydrogen-bond acceptors (Lipinski definition) is 2. The molecule has 0 unspecified atom stereocenters. The Kier molecular flexibility index (Phi) is 5.37. The van der Waals surface area contributed by atoms with E-state index in [0.717, 1.165) is 23.4 Å². The number of carbonyl (C=O) groups is 1. The minimum absolute atomic E-state index is 0.112. The third-order valence-corrected chi connectivity index (χ3v) is 3.59. The number of anilines is 1. The van der Waals surface area contributed by atoms with Gasteiger partial charge in [0.05, 0.1) is 7.11 Å². The average molecular weight is 295 g/mol. The van der Waals surface area contributed by atoms with Gasteiger partial charge < -0.3 is 10.1 Å². The lowest BCUT2D eigenvalue weighted by atomic mass is 10.0. The summed E-state index contributed by atoms with van der Waals surface area (Å²) >= 11 is 0. The Morgan fingerprint density at radius 3 is 2.50 bits per heavy atom. The van der Waals surface area contributed by atoms with E-state index in [-0.39, 0.29) is 5.91 Å². The van der Waals surface area contributed by atoms with Crippen LogP contribution in [0.1, 0.15) is 36.2 Å². The minimum atomic E-state index is -0.112. The van der Waals surface area contributed by atoms with Crippen LogP contribution in [-0.4, -0.2) is 13.0 Å². The molecule has 0 aliphatic heterocycles. The van der Waals surface area contributed by atoms with Gasteiger partial charge in [-0.2, -0.15) is 0 Å². The molecule has 0 atom stereocenters. The lowest BCUT2D eigenvalue weighted by molar-refractivity contribution is 0.102. The molecule has 0 saturated heterocycles. The summed E-state index contributed by atoms with van der Waals surface area (Å²) in [6.45, 7) is 4.10. The fourth-order valence-corrected chi connectivity index (χ4v) is 2.36. The van der Waals surface area contributed by atoms with E-state index >= 15 is 0 Å². The molecule has 0 heterocycles. The highest BCUT2D eigenvalue weighted by Gasteiger charge is 2.12. The first-order chi connectivity index (χ1) is 10.7. The van der Waals surface area contributed by atoms with Gasteiger partial charge in [-0.05, 0) is 49.2 Å². The van der Waals surface area contributed by atoms with Crippen molar-refractivity contribution in [2.45, 2.75) is 20.3 Å². The molecule has 0 fully saturated rings. The molecule has 2 aromatic carbocycles. The van der Waals surface area contributed by atoms with Gasteiger partial charge in [-0.1, -0.05) is 31.2 Å². The molecular weight excluding hydrogens is 274 g/mol. The van der Waals surface area contributed by atoms with Crippen molar-refractivity contribution in [3.63, 3.8) is 0 Å². The highest BCUT2D eigenvalue weighted by atomic mass is 16.5. The van der Waals surface area contributed by atoms with Crippen LogP contribution in [0.5, 0.6) is 5.75 Å². The van der Waals surface area contributed by atoms with Crippen molar-refractivity contribution in [2.24, 2.45) is 0 Å². The first-order valence-electron chi connectivity index (χ1n) is 7.39. The fourth-order valence-electron chi connectivity index (χ4n) is 2.36. The summed E-state index contributed by atoms with van der Waals surface area (Å²) in [5, 5.41) is 2.99. The Morgan fingerprint density at radius 2 is 1.91 bits per heavy atom. The molecule has 2 rings (SSSR count). The maximum Gasteiger partial charge on any atom is 0.255 e. The van der Waals surface area contributed by atoms with Crippen molar-refractivity contribution >= 4 is 17.2 Å². The van der Waals surface area contributed by atoms with Crippen LogP contribution in [0.2, 0.25) is 0 Å². The van der Waals surface area contributed by atoms with E-state index in [1.807, 2.05) is 43.3 Å². The molecule has 0 bridgehead atoms. The molecule has 22 heavy (non-hydrogen) atoms. The van der Waals surface area contributed by atoms with E-state index in [2.05, 4.69) is 18.3 Å². The summed E-state index contributed by atoms with van der Waals surface area (Å²) in [6, 6.07) is 14.9. The zero-order valence-corrected chi connectivity index (χ0v) is 13.2. The van der Waals surface area contributed by atoms with Gasteiger partial charge in [0.15, 0.2) is 0 Å². The van der Waals surface area contributed by atoms with Crippen LogP contribution in [0, 0.1) is 0 Å². The van der Waals surface area contributed by atoms with Crippen LogP contribution >= 0.6 is 0 Å². The molecular formula is C19H21NO2. The van der Waals surface area contributed by atoms with Gasteiger partial charge in [0, 0.05) is 16.8 Å². The Bertz CT molecular complexity index is 675. The summed E-state index contributed by atoms with van der Waals surface area (Å²) in [5.74, 6) is 0.666. The van der Waals surface area contributed by atoms with Crippen LogP contribution in [0.15, 0.2) is 54.6 Å². The fraction of sp³-hybridized carbons (Fsp3) is 0.211. The Morgan fingerprint density at radius 1 is 1.18 bits per heavy atom. The lowest BCUT2D eigenvalue weighted by Crippen LogP contribution is -2.13. The molecule has 2 aromatic rings. The van der Waals surface area contributed by atoms with Crippen LogP contribution in [-0.2, 0) is 0 Å². The topological polar surface area (TPSA) is 38.3 Å². The summed E-state index contributed by atoms with van der Waals surface area (Å²) < 4.78 is 5.30. The second-order valence-electron chi connectivity index (χ2n) is 4.90. The van der Waals surface area contributed by atoms with E-state index in [0.29, 0.717) is 5.56 Å². The number of nitrogens with one attached hydrogen (secondary N) is 1. The molecule has 3 heteroatoms. The van der Waals surface area contributed by atoms with Crippen molar-refractivity contribution in [2.75, 3.05) is 12.4 Å². The molecule has 0 radical (unpaired) electrons. The number of hydrogen-bond donors (Lipinski definition) is 1. The standard InChI is InChI=1S/C19H21NO2/c1-4-14(5-2)17-13-16(22-3)11-12-18(17)20-19(21)15-9-7-6-8-10-15/h4,6-13H,5H2,1-3H3,(H,20,21)/b14-4+. The molecule has 0 spiro atoms. The highest BCUT2D eigenvalue weighted by molar-refractivity contribution is 6.05. The summed E-state index contributed by atoms with van der Waals surface area (Å²) in [7, 11) is 1.64.